The summed E-state index contributed by atoms with van der Waals surface area (Å²) in [6, 6.07) is 21.4. The Bertz CT molecular complexity index is 903. The molecule has 2 N–H and O–H groups in total. The Balaban J connectivity index is 1.43. The molecule has 0 unspecified atom stereocenters. The smallest absolute Gasteiger partial charge is 0.274 e. The average molecular weight is 358 g/mol. The van der Waals surface area contributed by atoms with Gasteiger partial charge in [-0.05, 0) is 61.4 Å². The third-order valence-corrected chi connectivity index (χ3v) is 4.65. The van der Waals surface area contributed by atoms with Crippen LogP contribution in [-0.2, 0) is 0 Å². The number of carbonyl (C=O) groups is 1. The summed E-state index contributed by atoms with van der Waals surface area (Å²) in [5.74, 6) is -0.228. The Hall–Kier alpha value is -3.34. The molecule has 0 spiro atoms. The maximum atomic E-state index is 12.4. The molecule has 0 aliphatic carbocycles. The molecule has 4 rings (SSSR count). The number of benzene rings is 2. The van der Waals surface area contributed by atoms with Crippen molar-refractivity contribution in [2.75, 3.05) is 28.6 Å². The minimum Gasteiger partial charge on any atom is -0.372 e. The minimum absolute atomic E-state index is 0.228. The number of pyridine rings is 1. The molecule has 1 saturated heterocycles. The van der Waals surface area contributed by atoms with Crippen LogP contribution in [0.2, 0.25) is 0 Å². The lowest BCUT2D eigenvalue weighted by atomic mass is 10.2. The van der Waals surface area contributed by atoms with Crippen molar-refractivity contribution in [1.82, 2.24) is 4.98 Å². The maximum absolute atomic E-state index is 12.4. The van der Waals surface area contributed by atoms with E-state index < -0.39 is 0 Å². The lowest BCUT2D eigenvalue weighted by Crippen LogP contribution is -2.17. The van der Waals surface area contributed by atoms with Crippen molar-refractivity contribution in [2.24, 2.45) is 0 Å². The van der Waals surface area contributed by atoms with Gasteiger partial charge in [-0.2, -0.15) is 0 Å². The van der Waals surface area contributed by atoms with E-state index in [1.54, 1.807) is 12.3 Å². The Morgan fingerprint density at radius 2 is 1.59 bits per heavy atom. The first-order valence-corrected chi connectivity index (χ1v) is 9.22. The molecule has 1 fully saturated rings. The summed E-state index contributed by atoms with van der Waals surface area (Å²) in [5, 5.41) is 6.20. The molecule has 2 aromatic carbocycles. The van der Waals surface area contributed by atoms with Crippen LogP contribution in [0.15, 0.2) is 72.9 Å². The van der Waals surface area contributed by atoms with Crippen LogP contribution in [0.25, 0.3) is 0 Å². The van der Waals surface area contributed by atoms with Crippen LogP contribution in [0.1, 0.15) is 23.3 Å². The number of anilines is 4. The van der Waals surface area contributed by atoms with Crippen LogP contribution in [0.5, 0.6) is 0 Å². The fourth-order valence-corrected chi connectivity index (χ4v) is 3.25. The molecule has 1 amide bonds. The molecule has 5 heteroatoms. The zero-order valence-corrected chi connectivity index (χ0v) is 15.1. The second kappa shape index (κ2) is 7.91. The van der Waals surface area contributed by atoms with Gasteiger partial charge >= 0.3 is 0 Å². The summed E-state index contributed by atoms with van der Waals surface area (Å²) in [7, 11) is 0. The van der Waals surface area contributed by atoms with Gasteiger partial charge in [0.15, 0.2) is 0 Å². The summed E-state index contributed by atoms with van der Waals surface area (Å²) >= 11 is 0. The van der Waals surface area contributed by atoms with E-state index in [0.29, 0.717) is 5.69 Å². The van der Waals surface area contributed by atoms with Crippen LogP contribution in [0, 0.1) is 0 Å². The van der Waals surface area contributed by atoms with Gasteiger partial charge < -0.3 is 15.5 Å². The van der Waals surface area contributed by atoms with Crippen LogP contribution >= 0.6 is 0 Å². The van der Waals surface area contributed by atoms with Crippen molar-refractivity contribution in [1.29, 1.82) is 0 Å². The van der Waals surface area contributed by atoms with E-state index in [9.17, 15) is 4.79 Å². The highest BCUT2D eigenvalue weighted by molar-refractivity contribution is 6.03. The van der Waals surface area contributed by atoms with E-state index in [0.717, 1.165) is 30.2 Å². The van der Waals surface area contributed by atoms with Gasteiger partial charge in [0.2, 0.25) is 0 Å². The molecule has 0 bridgehead atoms. The number of nitrogens with zero attached hydrogens (tertiary/aromatic N) is 2. The monoisotopic (exact) mass is 358 g/mol. The summed E-state index contributed by atoms with van der Waals surface area (Å²) in [5.41, 5.74) is 4.20. The fourth-order valence-electron chi connectivity index (χ4n) is 3.25. The number of hydrogen-bond acceptors (Lipinski definition) is 4. The molecule has 136 valence electrons. The minimum atomic E-state index is -0.228. The molecule has 0 saturated carbocycles. The van der Waals surface area contributed by atoms with E-state index in [-0.39, 0.29) is 5.91 Å². The second-order valence-electron chi connectivity index (χ2n) is 6.62. The lowest BCUT2D eigenvalue weighted by molar-refractivity contribution is 0.102. The van der Waals surface area contributed by atoms with Gasteiger partial charge in [-0.3, -0.25) is 9.78 Å². The fraction of sp³-hybridized carbons (Fsp3) is 0.182. The first kappa shape index (κ1) is 17.1. The SMILES string of the molecule is O=C(Nc1ccccc1)c1cc(Nc2ccc(N3CCCC3)cc2)ccn1. The van der Waals surface area contributed by atoms with Crippen molar-refractivity contribution >= 4 is 28.7 Å². The number of rotatable bonds is 5. The number of carbonyl (C=O) groups excluding carboxylic acids is 1. The number of amides is 1. The number of aromatic nitrogens is 1. The number of hydrogen-bond donors (Lipinski definition) is 2. The van der Waals surface area contributed by atoms with Crippen molar-refractivity contribution in [3.05, 3.63) is 78.6 Å². The zero-order chi connectivity index (χ0) is 18.5. The van der Waals surface area contributed by atoms with Crippen molar-refractivity contribution in [3.8, 4) is 0 Å². The van der Waals surface area contributed by atoms with Crippen molar-refractivity contribution in [3.63, 3.8) is 0 Å². The normalized spacial score (nSPS) is 13.4. The molecular formula is C22H22N4O. The van der Waals surface area contributed by atoms with Gasteiger partial charge in [-0.1, -0.05) is 18.2 Å². The molecule has 1 aromatic heterocycles. The van der Waals surface area contributed by atoms with Crippen LogP contribution in [0.4, 0.5) is 22.7 Å². The summed E-state index contributed by atoms with van der Waals surface area (Å²) in [6.07, 6.45) is 4.18. The molecule has 3 aromatic rings. The zero-order valence-electron chi connectivity index (χ0n) is 15.1. The van der Waals surface area contributed by atoms with E-state index in [4.69, 9.17) is 0 Å². The first-order chi connectivity index (χ1) is 13.3. The van der Waals surface area contributed by atoms with Crippen molar-refractivity contribution in [2.45, 2.75) is 12.8 Å². The third kappa shape index (κ3) is 4.26. The average Bonchev–Trinajstić information content (AvgIpc) is 3.24. The van der Waals surface area contributed by atoms with Gasteiger partial charge in [-0.25, -0.2) is 0 Å². The topological polar surface area (TPSA) is 57.3 Å². The molecule has 0 radical (unpaired) electrons. The third-order valence-electron chi connectivity index (χ3n) is 4.65. The molecule has 5 nitrogen and oxygen atoms in total. The molecular weight excluding hydrogens is 336 g/mol. The highest BCUT2D eigenvalue weighted by atomic mass is 16.1. The molecule has 1 aliphatic heterocycles. The number of para-hydroxylation sites is 1. The Labute approximate surface area is 159 Å². The predicted octanol–water partition coefficient (Wildman–Crippen LogP) is 4.68. The Kier molecular flexibility index (Phi) is 5.01. The molecule has 0 atom stereocenters. The second-order valence-corrected chi connectivity index (χ2v) is 6.62. The predicted molar refractivity (Wildman–Crippen MR) is 110 cm³/mol. The number of nitrogens with one attached hydrogen (secondary N) is 2. The highest BCUT2D eigenvalue weighted by Crippen LogP contribution is 2.24. The standard InChI is InChI=1S/C22H22N4O/c27-22(25-17-6-2-1-3-7-17)21-16-19(12-13-23-21)24-18-8-10-20(11-9-18)26-14-4-5-15-26/h1-3,6-13,16H,4-5,14-15H2,(H,23,24)(H,25,27). The van der Waals surface area contributed by atoms with Crippen LogP contribution in [-0.4, -0.2) is 24.0 Å². The van der Waals surface area contributed by atoms with Crippen molar-refractivity contribution < 1.29 is 4.79 Å². The first-order valence-electron chi connectivity index (χ1n) is 9.22. The Morgan fingerprint density at radius 1 is 0.852 bits per heavy atom. The maximum Gasteiger partial charge on any atom is 0.274 e. The summed E-state index contributed by atoms with van der Waals surface area (Å²) in [6.45, 7) is 2.27. The van der Waals surface area contributed by atoms with Crippen LogP contribution in [0.3, 0.4) is 0 Å². The lowest BCUT2D eigenvalue weighted by Gasteiger charge is -2.18. The van der Waals surface area contributed by atoms with E-state index in [1.807, 2.05) is 36.4 Å². The van der Waals surface area contributed by atoms with Gasteiger partial charge in [-0.15, -0.1) is 0 Å². The molecule has 27 heavy (non-hydrogen) atoms. The van der Waals surface area contributed by atoms with Crippen LogP contribution < -0.4 is 15.5 Å². The summed E-state index contributed by atoms with van der Waals surface area (Å²) in [4.78, 5) is 19.0. The largest absolute Gasteiger partial charge is 0.372 e. The van der Waals surface area contributed by atoms with E-state index in [2.05, 4.69) is 44.8 Å². The van der Waals surface area contributed by atoms with Gasteiger partial charge in [0.25, 0.3) is 5.91 Å². The van der Waals surface area contributed by atoms with E-state index in [1.165, 1.54) is 18.5 Å². The Morgan fingerprint density at radius 3 is 2.33 bits per heavy atom. The van der Waals surface area contributed by atoms with Gasteiger partial charge in [0.05, 0.1) is 0 Å². The van der Waals surface area contributed by atoms with E-state index >= 15 is 0 Å². The quantitative estimate of drug-likeness (QED) is 0.695. The van der Waals surface area contributed by atoms with Gasteiger partial charge in [0, 0.05) is 42.0 Å². The molecule has 1 aliphatic rings. The summed E-state index contributed by atoms with van der Waals surface area (Å²) < 4.78 is 0. The van der Waals surface area contributed by atoms with Gasteiger partial charge in [0.1, 0.15) is 5.69 Å². The molecule has 2 heterocycles. The highest BCUT2D eigenvalue weighted by Gasteiger charge is 2.12.